The molecule has 22 heavy (non-hydrogen) atoms. The van der Waals surface area contributed by atoms with Crippen molar-refractivity contribution in [2.24, 2.45) is 0 Å². The number of hydrogen-bond donors (Lipinski definition) is 2. The van der Waals surface area contributed by atoms with Crippen LogP contribution in [0.3, 0.4) is 0 Å². The predicted molar refractivity (Wildman–Crippen MR) is 99.3 cm³/mol. The fraction of sp³-hybridized carbons (Fsp3) is 0.263. The standard InChI is InChI=1S/C19H22N2S/c1-13-12-19(2,3)21-18-16(13)10-15(11-17(18)22-4)20-14-8-6-5-7-9-14/h5-12,20-21H,1-4H3. The highest BCUT2D eigenvalue weighted by molar-refractivity contribution is 7.98. The number of hydrogen-bond acceptors (Lipinski definition) is 3. The number of allylic oxidation sites excluding steroid dienone is 1. The van der Waals surface area contributed by atoms with Gasteiger partial charge >= 0.3 is 0 Å². The molecule has 0 atom stereocenters. The number of fused-ring (bicyclic) bond motifs is 1. The molecule has 0 saturated carbocycles. The first kappa shape index (κ1) is 15.0. The lowest BCUT2D eigenvalue weighted by atomic mass is 9.91. The van der Waals surface area contributed by atoms with Gasteiger partial charge in [-0.3, -0.25) is 0 Å². The lowest BCUT2D eigenvalue weighted by molar-refractivity contribution is 0.704. The van der Waals surface area contributed by atoms with E-state index in [1.54, 1.807) is 11.8 Å². The Morgan fingerprint density at radius 2 is 1.77 bits per heavy atom. The van der Waals surface area contributed by atoms with Crippen LogP contribution in [-0.2, 0) is 0 Å². The Labute approximate surface area is 137 Å². The van der Waals surface area contributed by atoms with E-state index in [1.807, 2.05) is 18.2 Å². The molecule has 0 unspecified atom stereocenters. The predicted octanol–water partition coefficient (Wildman–Crippen LogP) is 5.76. The smallest absolute Gasteiger partial charge is 0.0562 e. The number of para-hydroxylation sites is 1. The van der Waals surface area contributed by atoms with Gasteiger partial charge < -0.3 is 10.6 Å². The maximum Gasteiger partial charge on any atom is 0.0562 e. The monoisotopic (exact) mass is 310 g/mol. The lowest BCUT2D eigenvalue weighted by Crippen LogP contribution is -2.31. The largest absolute Gasteiger partial charge is 0.375 e. The van der Waals surface area contributed by atoms with Crippen molar-refractivity contribution in [2.45, 2.75) is 31.2 Å². The summed E-state index contributed by atoms with van der Waals surface area (Å²) in [6.07, 6.45) is 4.43. The third-order valence-electron chi connectivity index (χ3n) is 3.83. The molecule has 0 amide bonds. The Kier molecular flexibility index (Phi) is 3.92. The fourth-order valence-corrected chi connectivity index (χ4v) is 3.56. The van der Waals surface area contributed by atoms with Crippen molar-refractivity contribution < 1.29 is 0 Å². The summed E-state index contributed by atoms with van der Waals surface area (Å²) in [6, 6.07) is 14.7. The third kappa shape index (κ3) is 3.00. The van der Waals surface area contributed by atoms with Gasteiger partial charge in [0.1, 0.15) is 0 Å². The zero-order valence-corrected chi connectivity index (χ0v) is 14.3. The molecule has 1 aliphatic heterocycles. The molecule has 0 bridgehead atoms. The molecule has 0 aromatic heterocycles. The number of nitrogens with one attached hydrogen (secondary N) is 2. The zero-order valence-electron chi connectivity index (χ0n) is 13.5. The number of rotatable bonds is 3. The number of thioether (sulfide) groups is 1. The van der Waals surface area contributed by atoms with Crippen LogP contribution in [-0.4, -0.2) is 11.8 Å². The van der Waals surface area contributed by atoms with Crippen LogP contribution >= 0.6 is 11.8 Å². The van der Waals surface area contributed by atoms with E-state index in [0.717, 1.165) is 11.4 Å². The zero-order chi connectivity index (χ0) is 15.7. The molecular formula is C19H22N2S. The minimum atomic E-state index is -0.00403. The minimum Gasteiger partial charge on any atom is -0.375 e. The van der Waals surface area contributed by atoms with Crippen molar-refractivity contribution in [1.82, 2.24) is 0 Å². The van der Waals surface area contributed by atoms with Crippen LogP contribution in [0.4, 0.5) is 17.1 Å². The Balaban J connectivity index is 2.04. The molecule has 0 radical (unpaired) electrons. The summed E-state index contributed by atoms with van der Waals surface area (Å²) in [4.78, 5) is 1.27. The van der Waals surface area contributed by atoms with Gasteiger partial charge in [0.2, 0.25) is 0 Å². The highest BCUT2D eigenvalue weighted by atomic mass is 32.2. The summed E-state index contributed by atoms with van der Waals surface area (Å²) in [5, 5.41) is 7.15. The van der Waals surface area contributed by atoms with E-state index in [1.165, 1.54) is 21.7 Å². The highest BCUT2D eigenvalue weighted by Gasteiger charge is 2.25. The molecular weight excluding hydrogens is 288 g/mol. The van der Waals surface area contributed by atoms with Crippen LogP contribution in [0, 0.1) is 0 Å². The molecule has 1 aliphatic rings. The fourth-order valence-electron chi connectivity index (χ4n) is 2.95. The van der Waals surface area contributed by atoms with Gasteiger partial charge in [-0.25, -0.2) is 0 Å². The van der Waals surface area contributed by atoms with Gasteiger partial charge in [0.25, 0.3) is 0 Å². The van der Waals surface area contributed by atoms with Crippen LogP contribution in [0.1, 0.15) is 26.3 Å². The Morgan fingerprint density at radius 3 is 2.45 bits per heavy atom. The molecule has 0 aliphatic carbocycles. The van der Waals surface area contributed by atoms with Crippen molar-refractivity contribution in [2.75, 3.05) is 16.9 Å². The van der Waals surface area contributed by atoms with Crippen molar-refractivity contribution in [1.29, 1.82) is 0 Å². The van der Waals surface area contributed by atoms with Crippen LogP contribution in [0.2, 0.25) is 0 Å². The second kappa shape index (κ2) is 5.73. The van der Waals surface area contributed by atoms with Crippen LogP contribution in [0.15, 0.2) is 53.4 Å². The number of benzene rings is 2. The molecule has 3 heteroatoms. The highest BCUT2D eigenvalue weighted by Crippen LogP contribution is 2.41. The molecule has 2 aromatic carbocycles. The normalized spacial score (nSPS) is 15.5. The second-order valence-electron chi connectivity index (χ2n) is 6.27. The molecule has 1 heterocycles. The summed E-state index contributed by atoms with van der Waals surface area (Å²) in [7, 11) is 0. The maximum atomic E-state index is 3.65. The lowest BCUT2D eigenvalue weighted by Gasteiger charge is -2.33. The van der Waals surface area contributed by atoms with Gasteiger partial charge in [-0.15, -0.1) is 11.8 Å². The van der Waals surface area contributed by atoms with Crippen molar-refractivity contribution in [3.05, 3.63) is 54.1 Å². The van der Waals surface area contributed by atoms with Gasteiger partial charge in [-0.2, -0.15) is 0 Å². The summed E-state index contributed by atoms with van der Waals surface area (Å²) < 4.78 is 0. The SMILES string of the molecule is CSc1cc(Nc2ccccc2)cc2c1NC(C)(C)C=C2C. The van der Waals surface area contributed by atoms with Crippen molar-refractivity contribution in [3.8, 4) is 0 Å². The third-order valence-corrected chi connectivity index (χ3v) is 4.60. The number of anilines is 3. The van der Waals surface area contributed by atoms with Crippen LogP contribution in [0.5, 0.6) is 0 Å². The maximum absolute atomic E-state index is 3.65. The van der Waals surface area contributed by atoms with E-state index in [9.17, 15) is 0 Å². The molecule has 2 nitrogen and oxygen atoms in total. The molecule has 0 saturated heterocycles. The van der Waals surface area contributed by atoms with Gasteiger partial charge in [0, 0.05) is 21.8 Å². The topological polar surface area (TPSA) is 24.1 Å². The summed E-state index contributed by atoms with van der Waals surface area (Å²) >= 11 is 1.78. The van der Waals surface area contributed by atoms with E-state index >= 15 is 0 Å². The van der Waals surface area contributed by atoms with E-state index in [2.05, 4.69) is 68.0 Å². The van der Waals surface area contributed by atoms with Gasteiger partial charge in [0.15, 0.2) is 0 Å². The van der Waals surface area contributed by atoms with Crippen molar-refractivity contribution >= 4 is 34.4 Å². The second-order valence-corrected chi connectivity index (χ2v) is 7.11. The van der Waals surface area contributed by atoms with Gasteiger partial charge in [-0.05, 0) is 56.9 Å². The Morgan fingerprint density at radius 1 is 1.05 bits per heavy atom. The molecule has 114 valence electrons. The molecule has 0 fully saturated rings. The first-order chi connectivity index (χ1) is 10.5. The summed E-state index contributed by atoms with van der Waals surface area (Å²) in [5.74, 6) is 0. The van der Waals surface area contributed by atoms with E-state index < -0.39 is 0 Å². The Bertz CT molecular complexity index is 718. The quantitative estimate of drug-likeness (QED) is 0.705. The molecule has 0 spiro atoms. The van der Waals surface area contributed by atoms with Gasteiger partial charge in [-0.1, -0.05) is 24.3 Å². The first-order valence-corrected chi connectivity index (χ1v) is 8.73. The van der Waals surface area contributed by atoms with Crippen molar-refractivity contribution in [3.63, 3.8) is 0 Å². The minimum absolute atomic E-state index is 0.00403. The molecule has 2 N–H and O–H groups in total. The Hall–Kier alpha value is -1.87. The van der Waals surface area contributed by atoms with Gasteiger partial charge in [0.05, 0.1) is 11.2 Å². The van der Waals surface area contributed by atoms with E-state index in [0.29, 0.717) is 0 Å². The summed E-state index contributed by atoms with van der Waals surface area (Å²) in [5.41, 5.74) is 6.09. The van der Waals surface area contributed by atoms with Crippen LogP contribution < -0.4 is 10.6 Å². The average molecular weight is 310 g/mol. The van der Waals surface area contributed by atoms with E-state index in [-0.39, 0.29) is 5.54 Å². The van der Waals surface area contributed by atoms with E-state index in [4.69, 9.17) is 0 Å². The molecule has 3 rings (SSSR count). The molecule has 2 aromatic rings. The average Bonchev–Trinajstić information content (AvgIpc) is 2.47. The van der Waals surface area contributed by atoms with Crippen LogP contribution in [0.25, 0.3) is 5.57 Å². The first-order valence-electron chi connectivity index (χ1n) is 7.51. The summed E-state index contributed by atoms with van der Waals surface area (Å²) in [6.45, 7) is 6.61.